The average molecular weight is 677 g/mol. The highest BCUT2D eigenvalue weighted by molar-refractivity contribution is 6.31. The molecule has 0 radical (unpaired) electrons. The largest absolute Gasteiger partial charge is 0.455 e. The van der Waals surface area contributed by atoms with Crippen LogP contribution in [0.4, 0.5) is 0 Å². The van der Waals surface area contributed by atoms with E-state index >= 15 is 0 Å². The number of hydrogen-bond donors (Lipinski definition) is 0. The van der Waals surface area contributed by atoms with Gasteiger partial charge in [-0.05, 0) is 65.4 Å². The third-order valence-corrected chi connectivity index (χ3v) is 10.9. The summed E-state index contributed by atoms with van der Waals surface area (Å²) < 4.78 is 11.4. The first-order valence-electron chi connectivity index (χ1n) is 17.9. The summed E-state index contributed by atoms with van der Waals surface area (Å²) in [5.41, 5.74) is 10.0. The van der Waals surface area contributed by atoms with Crippen molar-refractivity contribution in [1.29, 1.82) is 0 Å². The maximum absolute atomic E-state index is 6.75. The van der Waals surface area contributed by atoms with Crippen LogP contribution in [0.15, 0.2) is 174 Å². The van der Waals surface area contributed by atoms with Gasteiger partial charge in [0, 0.05) is 43.6 Å². The fraction of sp³-hybridized carbons (Fsp3) is 0. The van der Waals surface area contributed by atoms with Crippen LogP contribution in [-0.2, 0) is 0 Å². The van der Waals surface area contributed by atoms with Crippen LogP contribution in [0.2, 0.25) is 0 Å². The Bertz CT molecular complexity index is 3450. The Morgan fingerprint density at radius 3 is 1.94 bits per heavy atom. The Kier molecular flexibility index (Phi) is 5.71. The van der Waals surface area contributed by atoms with Gasteiger partial charge in [0.05, 0.1) is 38.7 Å². The van der Waals surface area contributed by atoms with Gasteiger partial charge >= 0.3 is 0 Å². The first-order valence-corrected chi connectivity index (χ1v) is 17.9. The van der Waals surface area contributed by atoms with Crippen LogP contribution in [0.25, 0.3) is 110 Å². The van der Waals surface area contributed by atoms with Gasteiger partial charge in [-0.25, -0.2) is 9.97 Å². The van der Waals surface area contributed by atoms with Gasteiger partial charge in [0.1, 0.15) is 11.2 Å². The Balaban J connectivity index is 1.31. The second-order valence-corrected chi connectivity index (χ2v) is 13.7. The summed E-state index contributed by atoms with van der Waals surface area (Å²) in [6.07, 6.45) is 0. The molecule has 0 N–H and O–H groups in total. The minimum Gasteiger partial charge on any atom is -0.455 e. The zero-order valence-corrected chi connectivity index (χ0v) is 28.4. The zero-order valence-electron chi connectivity index (χ0n) is 28.4. The van der Waals surface area contributed by atoms with Crippen molar-refractivity contribution in [2.24, 2.45) is 0 Å². The van der Waals surface area contributed by atoms with Crippen molar-refractivity contribution in [3.63, 3.8) is 0 Å². The molecule has 53 heavy (non-hydrogen) atoms. The Hall–Kier alpha value is -7.24. The lowest BCUT2D eigenvalue weighted by atomic mass is 10.0. The summed E-state index contributed by atoms with van der Waals surface area (Å²) in [5.74, 6) is 0.617. The number of rotatable bonds is 3. The maximum atomic E-state index is 6.75. The molecule has 5 heteroatoms. The van der Waals surface area contributed by atoms with Crippen LogP contribution in [-0.4, -0.2) is 19.1 Å². The van der Waals surface area contributed by atoms with Crippen LogP contribution in [0, 0.1) is 0 Å². The van der Waals surface area contributed by atoms with Crippen molar-refractivity contribution in [3.8, 4) is 22.9 Å². The Labute approximate surface area is 302 Å². The molecule has 246 valence electrons. The number of benzene rings is 8. The highest BCUT2D eigenvalue weighted by atomic mass is 16.3. The summed E-state index contributed by atoms with van der Waals surface area (Å²) in [6.45, 7) is 0. The second kappa shape index (κ2) is 10.6. The molecule has 0 aliphatic heterocycles. The predicted octanol–water partition coefficient (Wildman–Crippen LogP) is 12.5. The molecule has 12 rings (SSSR count). The molecule has 0 unspecified atom stereocenters. The molecule has 8 aromatic carbocycles. The smallest absolute Gasteiger partial charge is 0.235 e. The molecule has 0 fully saturated rings. The van der Waals surface area contributed by atoms with E-state index in [2.05, 4.69) is 173 Å². The minimum absolute atomic E-state index is 0.617. The van der Waals surface area contributed by atoms with Crippen LogP contribution in [0.3, 0.4) is 0 Å². The SMILES string of the molecule is c1ccc(-c2nc(-n3c4ccc5c6ccccc6oc5c4c4ccc5c(c6ccccc6n5-c5ccccc5)c43)nc3ccc4ccccc4c23)cc1. The summed E-state index contributed by atoms with van der Waals surface area (Å²) in [6, 6.07) is 59.8. The highest BCUT2D eigenvalue weighted by Gasteiger charge is 2.25. The lowest BCUT2D eigenvalue weighted by Crippen LogP contribution is -2.04. The van der Waals surface area contributed by atoms with E-state index in [0.717, 1.165) is 104 Å². The quantitative estimate of drug-likeness (QED) is 0.175. The molecule has 0 spiro atoms. The third kappa shape index (κ3) is 3.91. The summed E-state index contributed by atoms with van der Waals surface area (Å²) in [5, 5.41) is 9.99. The van der Waals surface area contributed by atoms with Gasteiger partial charge in [-0.3, -0.25) is 4.57 Å². The lowest BCUT2D eigenvalue weighted by Gasteiger charge is -2.14. The molecule has 0 atom stereocenters. The second-order valence-electron chi connectivity index (χ2n) is 13.7. The summed E-state index contributed by atoms with van der Waals surface area (Å²) in [7, 11) is 0. The van der Waals surface area contributed by atoms with Gasteiger partial charge in [-0.2, -0.15) is 0 Å². The van der Waals surface area contributed by atoms with Crippen molar-refractivity contribution in [2.45, 2.75) is 0 Å². The standard InChI is InChI=1S/C48H28N4O/c1-3-14-30(15-4-1)45-42-32-18-8-7-13-29(32)23-26-37(42)49-48(50-45)52-40-27-24-34-33-19-10-12-22-41(33)53-47(34)44(40)36-25-28-39-43(46(36)52)35-20-9-11-21-38(35)51(39)31-16-5-2-6-17-31/h1-28H. The van der Waals surface area contributed by atoms with E-state index in [1.54, 1.807) is 0 Å². The number of aromatic nitrogens is 4. The topological polar surface area (TPSA) is 48.8 Å². The average Bonchev–Trinajstić information content (AvgIpc) is 3.88. The van der Waals surface area contributed by atoms with E-state index in [4.69, 9.17) is 14.4 Å². The molecule has 0 bridgehead atoms. The van der Waals surface area contributed by atoms with E-state index < -0.39 is 0 Å². The maximum Gasteiger partial charge on any atom is 0.235 e. The molecule has 0 saturated heterocycles. The molecule has 0 saturated carbocycles. The number of fused-ring (bicyclic) bond motifs is 14. The summed E-state index contributed by atoms with van der Waals surface area (Å²) in [4.78, 5) is 11.0. The number of hydrogen-bond acceptors (Lipinski definition) is 3. The Morgan fingerprint density at radius 1 is 0.415 bits per heavy atom. The van der Waals surface area contributed by atoms with Gasteiger partial charge in [-0.1, -0.05) is 115 Å². The normalized spacial score (nSPS) is 12.2. The fourth-order valence-electron chi connectivity index (χ4n) is 8.68. The van der Waals surface area contributed by atoms with Crippen molar-refractivity contribution in [2.75, 3.05) is 0 Å². The third-order valence-electron chi connectivity index (χ3n) is 10.9. The van der Waals surface area contributed by atoms with Crippen molar-refractivity contribution < 1.29 is 4.42 Å². The molecule has 0 amide bonds. The van der Waals surface area contributed by atoms with Crippen LogP contribution in [0.1, 0.15) is 0 Å². The molecule has 5 nitrogen and oxygen atoms in total. The molecule has 4 aromatic heterocycles. The highest BCUT2D eigenvalue weighted by Crippen LogP contribution is 2.45. The minimum atomic E-state index is 0.617. The van der Waals surface area contributed by atoms with Crippen LogP contribution in [0.5, 0.6) is 0 Å². The van der Waals surface area contributed by atoms with Crippen LogP contribution >= 0.6 is 0 Å². The van der Waals surface area contributed by atoms with Crippen molar-refractivity contribution in [3.05, 3.63) is 170 Å². The molecular formula is C48H28N4O. The number of para-hydroxylation sites is 3. The number of nitrogens with zero attached hydrogens (tertiary/aromatic N) is 4. The molecule has 4 heterocycles. The Morgan fingerprint density at radius 2 is 1.09 bits per heavy atom. The first-order chi connectivity index (χ1) is 26.3. The zero-order chi connectivity index (χ0) is 34.6. The summed E-state index contributed by atoms with van der Waals surface area (Å²) >= 11 is 0. The van der Waals surface area contributed by atoms with Gasteiger partial charge < -0.3 is 8.98 Å². The monoisotopic (exact) mass is 676 g/mol. The first kappa shape index (κ1) is 28.5. The fourth-order valence-corrected chi connectivity index (χ4v) is 8.68. The molecule has 0 aliphatic carbocycles. The van der Waals surface area contributed by atoms with Gasteiger partial charge in [0.15, 0.2) is 0 Å². The van der Waals surface area contributed by atoms with E-state index in [-0.39, 0.29) is 0 Å². The van der Waals surface area contributed by atoms with Crippen molar-refractivity contribution in [1.82, 2.24) is 19.1 Å². The van der Waals surface area contributed by atoms with E-state index in [1.807, 2.05) is 6.07 Å². The lowest BCUT2D eigenvalue weighted by molar-refractivity contribution is 0.673. The van der Waals surface area contributed by atoms with E-state index in [9.17, 15) is 0 Å². The van der Waals surface area contributed by atoms with E-state index in [1.165, 1.54) is 0 Å². The van der Waals surface area contributed by atoms with Gasteiger partial charge in [0.25, 0.3) is 0 Å². The molecular weight excluding hydrogens is 649 g/mol. The van der Waals surface area contributed by atoms with Gasteiger partial charge in [0.2, 0.25) is 5.95 Å². The molecule has 0 aliphatic rings. The van der Waals surface area contributed by atoms with E-state index in [0.29, 0.717) is 5.95 Å². The van der Waals surface area contributed by atoms with Crippen molar-refractivity contribution >= 4 is 87.2 Å². The number of furan rings is 1. The predicted molar refractivity (Wildman–Crippen MR) is 218 cm³/mol. The van der Waals surface area contributed by atoms with Gasteiger partial charge in [-0.15, -0.1) is 0 Å². The van der Waals surface area contributed by atoms with Crippen LogP contribution < -0.4 is 0 Å². The molecule has 12 aromatic rings.